The quantitative estimate of drug-likeness (QED) is 0.612. The molecule has 3 aromatic rings. The van der Waals surface area contributed by atoms with E-state index in [1.807, 2.05) is 29.5 Å². The van der Waals surface area contributed by atoms with E-state index in [0.717, 1.165) is 34.6 Å². The summed E-state index contributed by atoms with van der Waals surface area (Å²) >= 11 is 0. The zero-order valence-corrected chi connectivity index (χ0v) is 17.0. The van der Waals surface area contributed by atoms with Crippen molar-refractivity contribution < 1.29 is 18.9 Å². The van der Waals surface area contributed by atoms with Crippen LogP contribution in [0.5, 0.6) is 5.75 Å². The smallest absolute Gasteiger partial charge is 0.135 e. The molecule has 0 spiro atoms. The first kappa shape index (κ1) is 19.6. The first-order valence-electron chi connectivity index (χ1n) is 9.57. The first-order chi connectivity index (χ1) is 14.1. The van der Waals surface area contributed by atoms with E-state index in [4.69, 9.17) is 29.7 Å². The lowest BCUT2D eigenvalue weighted by molar-refractivity contribution is -0.0247. The molecule has 0 amide bonds. The number of fused-ring (bicyclic) bond motifs is 1. The van der Waals surface area contributed by atoms with Gasteiger partial charge in [0.1, 0.15) is 30.1 Å². The number of anilines is 1. The number of nitrogens with zero attached hydrogens (tertiary/aromatic N) is 3. The summed E-state index contributed by atoms with van der Waals surface area (Å²) in [5, 5.41) is 0. The third kappa shape index (κ3) is 3.66. The van der Waals surface area contributed by atoms with Gasteiger partial charge in [0.2, 0.25) is 0 Å². The lowest BCUT2D eigenvalue weighted by Gasteiger charge is -2.26. The monoisotopic (exact) mass is 398 g/mol. The van der Waals surface area contributed by atoms with Crippen LogP contribution in [0.1, 0.15) is 17.8 Å². The summed E-state index contributed by atoms with van der Waals surface area (Å²) in [7, 11) is 3.34. The van der Waals surface area contributed by atoms with Crippen LogP contribution in [0, 0.1) is 6.92 Å². The number of hydrogen-bond donors (Lipinski definition) is 1. The molecule has 0 unspecified atom stereocenters. The largest absolute Gasteiger partial charge is 0.491 e. The molecule has 8 nitrogen and oxygen atoms in total. The highest BCUT2D eigenvalue weighted by molar-refractivity contribution is 5.81. The number of nitrogens with two attached hydrogens (primary N) is 1. The standard InChI is InChI=1S/C21H26N4O4/c1-14-8-16(18-11-20(22)23-13-25(14)18)17-9-15(29-7-6-26-2)10-19(24-17)21(27-3)4-5-28-12-21/h8-11,13H,4-7,12,22H2,1-3H3/t21-/m0/s1. The van der Waals surface area contributed by atoms with E-state index in [1.165, 1.54) is 0 Å². The van der Waals surface area contributed by atoms with Crippen molar-refractivity contribution in [2.24, 2.45) is 0 Å². The summed E-state index contributed by atoms with van der Waals surface area (Å²) in [5.41, 5.74) is 9.88. The Balaban J connectivity index is 1.85. The third-order valence-corrected chi connectivity index (χ3v) is 5.35. The fourth-order valence-electron chi connectivity index (χ4n) is 3.70. The highest BCUT2D eigenvalue weighted by Gasteiger charge is 2.39. The Hall–Kier alpha value is -2.68. The van der Waals surface area contributed by atoms with Crippen LogP contribution in [0.25, 0.3) is 16.8 Å². The number of nitrogen functional groups attached to an aromatic ring is 1. The molecule has 3 aromatic heterocycles. The maximum absolute atomic E-state index is 5.94. The molecule has 4 rings (SSSR count). The van der Waals surface area contributed by atoms with Gasteiger partial charge in [0, 0.05) is 56.7 Å². The van der Waals surface area contributed by atoms with E-state index in [0.29, 0.717) is 38.0 Å². The zero-order chi connectivity index (χ0) is 20.4. The van der Waals surface area contributed by atoms with Gasteiger partial charge in [-0.3, -0.25) is 0 Å². The fourth-order valence-corrected chi connectivity index (χ4v) is 3.70. The maximum atomic E-state index is 5.94. The van der Waals surface area contributed by atoms with E-state index in [1.54, 1.807) is 20.5 Å². The molecule has 1 aliphatic rings. The predicted octanol–water partition coefficient (Wildman–Crippen LogP) is 2.57. The number of methoxy groups -OCH3 is 2. The second kappa shape index (κ2) is 7.98. The Bertz CT molecular complexity index is 1010. The molecule has 1 atom stereocenters. The molecule has 2 N–H and O–H groups in total. The van der Waals surface area contributed by atoms with Crippen LogP contribution in [0.3, 0.4) is 0 Å². The molecular formula is C21H26N4O4. The summed E-state index contributed by atoms with van der Waals surface area (Å²) in [6.45, 7) is 4.07. The van der Waals surface area contributed by atoms with Crippen molar-refractivity contribution in [1.29, 1.82) is 0 Å². The maximum Gasteiger partial charge on any atom is 0.135 e. The molecular weight excluding hydrogens is 372 g/mol. The molecule has 8 heteroatoms. The topological polar surface area (TPSA) is 93.1 Å². The van der Waals surface area contributed by atoms with Crippen LogP contribution in [-0.2, 0) is 19.8 Å². The lowest BCUT2D eigenvalue weighted by Crippen LogP contribution is -2.30. The van der Waals surface area contributed by atoms with E-state index in [9.17, 15) is 0 Å². The highest BCUT2D eigenvalue weighted by atomic mass is 16.6. The van der Waals surface area contributed by atoms with Crippen molar-refractivity contribution in [3.05, 3.63) is 42.0 Å². The zero-order valence-electron chi connectivity index (χ0n) is 17.0. The normalized spacial score (nSPS) is 19.1. The van der Waals surface area contributed by atoms with Gasteiger partial charge in [-0.2, -0.15) is 0 Å². The number of hydrogen-bond acceptors (Lipinski definition) is 7. The van der Waals surface area contributed by atoms with Crippen LogP contribution in [-0.4, -0.2) is 55.0 Å². The summed E-state index contributed by atoms with van der Waals surface area (Å²) in [6, 6.07) is 7.79. The molecule has 4 heterocycles. The van der Waals surface area contributed by atoms with E-state index >= 15 is 0 Å². The minimum Gasteiger partial charge on any atom is -0.491 e. The molecule has 0 aliphatic carbocycles. The van der Waals surface area contributed by atoms with Crippen LogP contribution in [0.15, 0.2) is 30.6 Å². The van der Waals surface area contributed by atoms with Gasteiger partial charge < -0.3 is 29.1 Å². The molecule has 0 radical (unpaired) electrons. The molecule has 0 saturated carbocycles. The van der Waals surface area contributed by atoms with Crippen molar-refractivity contribution in [1.82, 2.24) is 14.4 Å². The summed E-state index contributed by atoms with van der Waals surface area (Å²) in [4.78, 5) is 9.15. The molecule has 0 bridgehead atoms. The summed E-state index contributed by atoms with van der Waals surface area (Å²) < 4.78 is 24.5. The Labute approximate surface area is 169 Å². The minimum atomic E-state index is -0.583. The van der Waals surface area contributed by atoms with Crippen molar-refractivity contribution in [2.75, 3.05) is 46.4 Å². The molecule has 1 saturated heterocycles. The van der Waals surface area contributed by atoms with Gasteiger partial charge >= 0.3 is 0 Å². The fraction of sp³-hybridized carbons (Fsp3) is 0.429. The molecule has 1 fully saturated rings. The minimum absolute atomic E-state index is 0.447. The van der Waals surface area contributed by atoms with Gasteiger partial charge in [-0.1, -0.05) is 0 Å². The molecule has 1 aliphatic heterocycles. The van der Waals surface area contributed by atoms with E-state index < -0.39 is 5.60 Å². The summed E-state index contributed by atoms with van der Waals surface area (Å²) in [5.74, 6) is 1.17. The van der Waals surface area contributed by atoms with Crippen molar-refractivity contribution in [3.63, 3.8) is 0 Å². The Morgan fingerprint density at radius 3 is 2.79 bits per heavy atom. The van der Waals surface area contributed by atoms with Crippen molar-refractivity contribution >= 4 is 11.3 Å². The van der Waals surface area contributed by atoms with Crippen LogP contribution < -0.4 is 10.5 Å². The number of aryl methyl sites for hydroxylation is 1. The number of ether oxygens (including phenoxy) is 4. The SMILES string of the molecule is COCCOc1cc(-c2cc(C)n3cnc(N)cc23)nc([C@]2(OC)CCOC2)c1. The number of rotatable bonds is 7. The van der Waals surface area contributed by atoms with E-state index in [-0.39, 0.29) is 0 Å². The number of pyridine rings is 1. The van der Waals surface area contributed by atoms with Gasteiger partial charge in [-0.05, 0) is 13.0 Å². The second-order valence-electron chi connectivity index (χ2n) is 7.18. The van der Waals surface area contributed by atoms with Crippen molar-refractivity contribution in [2.45, 2.75) is 18.9 Å². The van der Waals surface area contributed by atoms with Crippen LogP contribution >= 0.6 is 0 Å². The van der Waals surface area contributed by atoms with Crippen LogP contribution in [0.4, 0.5) is 5.82 Å². The Kier molecular flexibility index (Phi) is 5.40. The van der Waals surface area contributed by atoms with Gasteiger partial charge in [-0.25, -0.2) is 9.97 Å². The van der Waals surface area contributed by atoms with Gasteiger partial charge in [0.05, 0.1) is 30.1 Å². The predicted molar refractivity (Wildman–Crippen MR) is 109 cm³/mol. The second-order valence-corrected chi connectivity index (χ2v) is 7.18. The first-order valence-corrected chi connectivity index (χ1v) is 9.57. The van der Waals surface area contributed by atoms with Gasteiger partial charge in [0.15, 0.2) is 0 Å². The van der Waals surface area contributed by atoms with E-state index in [2.05, 4.69) is 11.1 Å². The molecule has 154 valence electrons. The Morgan fingerprint density at radius 1 is 1.21 bits per heavy atom. The summed E-state index contributed by atoms with van der Waals surface area (Å²) in [6.07, 6.45) is 2.47. The van der Waals surface area contributed by atoms with Crippen molar-refractivity contribution in [3.8, 4) is 17.0 Å². The average molecular weight is 398 g/mol. The lowest BCUT2D eigenvalue weighted by atomic mass is 9.97. The third-order valence-electron chi connectivity index (χ3n) is 5.35. The van der Waals surface area contributed by atoms with Crippen LogP contribution in [0.2, 0.25) is 0 Å². The Morgan fingerprint density at radius 2 is 2.07 bits per heavy atom. The number of aromatic nitrogens is 3. The highest BCUT2D eigenvalue weighted by Crippen LogP contribution is 2.37. The van der Waals surface area contributed by atoms with Gasteiger partial charge in [-0.15, -0.1) is 0 Å². The molecule has 29 heavy (non-hydrogen) atoms. The van der Waals surface area contributed by atoms with Gasteiger partial charge in [0.25, 0.3) is 0 Å². The average Bonchev–Trinajstić information content (AvgIpc) is 3.33. The molecule has 0 aromatic carbocycles.